The SMILES string of the molecule is Cc1cccc(-n2c3ccccc3c3cc4c5ncccc5n(-c5cccc(C)c5)c4nc32)c1. The zero-order chi connectivity index (χ0) is 22.8. The molecule has 34 heavy (non-hydrogen) atoms. The van der Waals surface area contributed by atoms with Gasteiger partial charge in [-0.05, 0) is 73.5 Å². The summed E-state index contributed by atoms with van der Waals surface area (Å²) in [5.41, 5.74) is 9.72. The van der Waals surface area contributed by atoms with Gasteiger partial charge in [-0.3, -0.25) is 14.1 Å². The standard InChI is InChI=1S/C30H22N4/c1-19-8-5-10-21(16-19)33-26-13-4-3-12-23(26)24-18-25-28-27(14-7-15-31-28)34(30(25)32-29(24)33)22-11-6-9-20(2)17-22/h3-18H,1-2H3. The summed E-state index contributed by atoms with van der Waals surface area (Å²) in [6, 6.07) is 32.1. The topological polar surface area (TPSA) is 35.6 Å². The molecule has 7 aromatic rings. The molecule has 7 rings (SSSR count). The van der Waals surface area contributed by atoms with Crippen LogP contribution in [-0.2, 0) is 0 Å². The Bertz CT molecular complexity index is 1750. The average Bonchev–Trinajstić information content (AvgIpc) is 3.35. The Balaban J connectivity index is 1.69. The Labute approximate surface area is 196 Å². The highest BCUT2D eigenvalue weighted by Gasteiger charge is 2.20. The van der Waals surface area contributed by atoms with Gasteiger partial charge in [0.25, 0.3) is 0 Å². The molecule has 0 fully saturated rings. The van der Waals surface area contributed by atoms with E-state index in [0.29, 0.717) is 0 Å². The second-order valence-corrected chi connectivity index (χ2v) is 8.97. The number of pyridine rings is 2. The van der Waals surface area contributed by atoms with Gasteiger partial charge in [0, 0.05) is 33.7 Å². The van der Waals surface area contributed by atoms with Gasteiger partial charge in [-0.2, -0.15) is 0 Å². The van der Waals surface area contributed by atoms with Crippen molar-refractivity contribution in [3.8, 4) is 11.4 Å². The van der Waals surface area contributed by atoms with Crippen molar-refractivity contribution in [1.29, 1.82) is 0 Å². The van der Waals surface area contributed by atoms with E-state index in [1.165, 1.54) is 16.5 Å². The highest BCUT2D eigenvalue weighted by Crippen LogP contribution is 2.37. The predicted octanol–water partition coefficient (Wildman–Crippen LogP) is 7.29. The lowest BCUT2D eigenvalue weighted by atomic mass is 10.1. The maximum Gasteiger partial charge on any atom is 0.149 e. The van der Waals surface area contributed by atoms with Gasteiger partial charge in [0.2, 0.25) is 0 Å². The van der Waals surface area contributed by atoms with Crippen molar-refractivity contribution in [2.24, 2.45) is 0 Å². The number of nitrogens with zero attached hydrogens (tertiary/aromatic N) is 4. The Kier molecular flexibility index (Phi) is 3.94. The molecule has 0 N–H and O–H groups in total. The van der Waals surface area contributed by atoms with E-state index < -0.39 is 0 Å². The summed E-state index contributed by atoms with van der Waals surface area (Å²) in [6.07, 6.45) is 1.86. The molecular formula is C30H22N4. The van der Waals surface area contributed by atoms with Crippen LogP contribution in [0.25, 0.3) is 55.4 Å². The molecule has 0 spiro atoms. The number of aryl methyl sites for hydroxylation is 2. The van der Waals surface area contributed by atoms with E-state index >= 15 is 0 Å². The monoisotopic (exact) mass is 438 g/mol. The van der Waals surface area contributed by atoms with Crippen LogP contribution < -0.4 is 0 Å². The summed E-state index contributed by atoms with van der Waals surface area (Å²) in [7, 11) is 0. The Morgan fingerprint density at radius 2 is 1.21 bits per heavy atom. The second-order valence-electron chi connectivity index (χ2n) is 8.97. The van der Waals surface area contributed by atoms with Gasteiger partial charge >= 0.3 is 0 Å². The van der Waals surface area contributed by atoms with E-state index in [0.717, 1.165) is 50.0 Å². The van der Waals surface area contributed by atoms with Gasteiger partial charge in [-0.25, -0.2) is 4.98 Å². The molecule has 0 saturated carbocycles. The summed E-state index contributed by atoms with van der Waals surface area (Å²) in [6.45, 7) is 4.25. The maximum absolute atomic E-state index is 5.35. The maximum atomic E-state index is 5.35. The number of hydrogen-bond acceptors (Lipinski definition) is 2. The van der Waals surface area contributed by atoms with Gasteiger partial charge in [0.05, 0.1) is 16.6 Å². The molecule has 4 nitrogen and oxygen atoms in total. The van der Waals surface area contributed by atoms with Gasteiger partial charge in [0.15, 0.2) is 0 Å². The number of para-hydroxylation sites is 1. The highest BCUT2D eigenvalue weighted by atomic mass is 15.1. The third-order valence-corrected chi connectivity index (χ3v) is 6.64. The van der Waals surface area contributed by atoms with Crippen LogP contribution in [0.2, 0.25) is 0 Å². The molecule has 3 aromatic carbocycles. The van der Waals surface area contributed by atoms with Gasteiger partial charge < -0.3 is 0 Å². The number of hydrogen-bond donors (Lipinski definition) is 0. The lowest BCUT2D eigenvalue weighted by molar-refractivity contribution is 1.10. The minimum absolute atomic E-state index is 0.920. The van der Waals surface area contributed by atoms with E-state index in [2.05, 4.69) is 108 Å². The van der Waals surface area contributed by atoms with Crippen LogP contribution in [0, 0.1) is 13.8 Å². The fraction of sp³-hybridized carbons (Fsp3) is 0.0667. The van der Waals surface area contributed by atoms with Crippen molar-refractivity contribution in [2.45, 2.75) is 13.8 Å². The van der Waals surface area contributed by atoms with E-state index in [9.17, 15) is 0 Å². The fourth-order valence-electron chi connectivity index (χ4n) is 5.17. The molecule has 4 aromatic heterocycles. The lowest BCUT2D eigenvalue weighted by Gasteiger charge is -2.10. The first-order valence-electron chi connectivity index (χ1n) is 11.5. The normalized spacial score (nSPS) is 11.8. The molecule has 0 unspecified atom stereocenters. The molecule has 0 radical (unpaired) electrons. The van der Waals surface area contributed by atoms with Crippen LogP contribution in [0.15, 0.2) is 97.2 Å². The predicted molar refractivity (Wildman–Crippen MR) is 140 cm³/mol. The van der Waals surface area contributed by atoms with Crippen LogP contribution in [0.1, 0.15) is 11.1 Å². The molecule has 0 aliphatic carbocycles. The Morgan fingerprint density at radius 3 is 1.94 bits per heavy atom. The Morgan fingerprint density at radius 1 is 0.559 bits per heavy atom. The number of aromatic nitrogens is 4. The lowest BCUT2D eigenvalue weighted by Crippen LogP contribution is -1.99. The van der Waals surface area contributed by atoms with Crippen LogP contribution in [0.3, 0.4) is 0 Å². The van der Waals surface area contributed by atoms with Crippen molar-refractivity contribution >= 4 is 44.0 Å². The summed E-state index contributed by atoms with van der Waals surface area (Å²) < 4.78 is 4.52. The first-order chi connectivity index (χ1) is 16.7. The number of rotatable bonds is 2. The second kappa shape index (κ2) is 7.03. The van der Waals surface area contributed by atoms with E-state index in [1.54, 1.807) is 0 Å². The molecule has 0 atom stereocenters. The van der Waals surface area contributed by atoms with Crippen molar-refractivity contribution in [1.82, 2.24) is 19.1 Å². The van der Waals surface area contributed by atoms with Crippen molar-refractivity contribution < 1.29 is 0 Å². The zero-order valence-corrected chi connectivity index (χ0v) is 19.0. The van der Waals surface area contributed by atoms with Crippen LogP contribution in [-0.4, -0.2) is 19.1 Å². The molecule has 0 aliphatic rings. The van der Waals surface area contributed by atoms with Crippen LogP contribution in [0.4, 0.5) is 0 Å². The largest absolute Gasteiger partial charge is 0.294 e. The van der Waals surface area contributed by atoms with Crippen LogP contribution in [0.5, 0.6) is 0 Å². The molecule has 0 aliphatic heterocycles. The Hall–Kier alpha value is -4.44. The fourth-order valence-corrected chi connectivity index (χ4v) is 5.17. The third kappa shape index (κ3) is 2.66. The molecule has 0 amide bonds. The smallest absolute Gasteiger partial charge is 0.149 e. The van der Waals surface area contributed by atoms with Crippen molar-refractivity contribution in [3.63, 3.8) is 0 Å². The first kappa shape index (κ1) is 19.1. The summed E-state index contributed by atoms with van der Waals surface area (Å²) in [5, 5.41) is 3.40. The minimum Gasteiger partial charge on any atom is -0.294 e. The van der Waals surface area contributed by atoms with E-state index in [1.807, 2.05) is 12.3 Å². The summed E-state index contributed by atoms with van der Waals surface area (Å²) >= 11 is 0. The van der Waals surface area contributed by atoms with E-state index in [4.69, 9.17) is 9.97 Å². The van der Waals surface area contributed by atoms with Crippen LogP contribution >= 0.6 is 0 Å². The third-order valence-electron chi connectivity index (χ3n) is 6.64. The number of benzene rings is 3. The molecule has 4 heteroatoms. The van der Waals surface area contributed by atoms with Gasteiger partial charge in [-0.1, -0.05) is 42.5 Å². The van der Waals surface area contributed by atoms with Gasteiger partial charge in [-0.15, -0.1) is 0 Å². The molecule has 162 valence electrons. The quantitative estimate of drug-likeness (QED) is 0.284. The average molecular weight is 439 g/mol. The molecular weight excluding hydrogens is 416 g/mol. The van der Waals surface area contributed by atoms with Gasteiger partial charge in [0.1, 0.15) is 11.3 Å². The first-order valence-corrected chi connectivity index (χ1v) is 11.5. The van der Waals surface area contributed by atoms with E-state index in [-0.39, 0.29) is 0 Å². The van der Waals surface area contributed by atoms with Crippen molar-refractivity contribution in [2.75, 3.05) is 0 Å². The molecule has 4 heterocycles. The number of fused-ring (bicyclic) bond motifs is 6. The highest BCUT2D eigenvalue weighted by molar-refractivity contribution is 6.15. The zero-order valence-electron chi connectivity index (χ0n) is 19.0. The molecule has 0 saturated heterocycles. The molecule has 0 bridgehead atoms. The summed E-state index contributed by atoms with van der Waals surface area (Å²) in [4.78, 5) is 10.1. The minimum atomic E-state index is 0.920. The van der Waals surface area contributed by atoms with Crippen molar-refractivity contribution in [3.05, 3.63) is 108 Å². The summed E-state index contributed by atoms with van der Waals surface area (Å²) in [5.74, 6) is 0.